The van der Waals surface area contributed by atoms with Crippen LogP contribution in [0.2, 0.25) is 0 Å². The molecule has 4 heteroatoms. The Morgan fingerprint density at radius 1 is 1.32 bits per heavy atom. The van der Waals surface area contributed by atoms with Gasteiger partial charge in [-0.05, 0) is 45.0 Å². The summed E-state index contributed by atoms with van der Waals surface area (Å²) in [5.41, 5.74) is 1.28. The van der Waals surface area contributed by atoms with E-state index in [1.54, 1.807) is 0 Å². The molecule has 0 bridgehead atoms. The third-order valence-corrected chi connectivity index (χ3v) is 3.99. The molecule has 1 aromatic rings. The second kappa shape index (κ2) is 9.23. The summed E-state index contributed by atoms with van der Waals surface area (Å²) in [7, 11) is 4.11. The average Bonchev–Trinajstić information content (AvgIpc) is 2.41. The molecule has 1 rings (SSSR count). The van der Waals surface area contributed by atoms with E-state index in [0.29, 0.717) is 6.04 Å². The summed E-state index contributed by atoms with van der Waals surface area (Å²) in [6, 6.07) is 8.88. The van der Waals surface area contributed by atoms with Crippen LogP contribution in [0.15, 0.2) is 24.3 Å². The Morgan fingerprint density at radius 3 is 2.58 bits per heavy atom. The van der Waals surface area contributed by atoms with Crippen molar-refractivity contribution in [3.8, 4) is 5.75 Å². The van der Waals surface area contributed by atoms with E-state index in [1.807, 2.05) is 30.9 Å². The first-order chi connectivity index (χ1) is 9.17. The predicted molar refractivity (Wildman–Crippen MR) is 85.2 cm³/mol. The molecule has 0 aliphatic rings. The minimum absolute atomic E-state index is 0.594. The predicted octanol–water partition coefficient (Wildman–Crippen LogP) is 2.47. The van der Waals surface area contributed by atoms with Gasteiger partial charge in [0.1, 0.15) is 12.4 Å². The molecule has 0 heterocycles. The van der Waals surface area contributed by atoms with E-state index in [0.717, 1.165) is 31.2 Å². The van der Waals surface area contributed by atoms with E-state index in [4.69, 9.17) is 4.74 Å². The Morgan fingerprint density at radius 2 is 2.00 bits per heavy atom. The maximum absolute atomic E-state index is 5.77. The normalized spacial score (nSPS) is 12.7. The topological polar surface area (TPSA) is 24.5 Å². The third kappa shape index (κ3) is 6.32. The van der Waals surface area contributed by atoms with Gasteiger partial charge in [-0.3, -0.25) is 4.90 Å². The number of thioether (sulfide) groups is 1. The van der Waals surface area contributed by atoms with Crippen LogP contribution in [0.3, 0.4) is 0 Å². The molecule has 0 saturated heterocycles. The molecular formula is C15H26N2OS. The SMILES string of the molecule is CNCc1ccc(OCCN(C)C(C)CSC)cc1. The Bertz CT molecular complexity index is 343. The minimum Gasteiger partial charge on any atom is -0.492 e. The highest BCUT2D eigenvalue weighted by Crippen LogP contribution is 2.12. The maximum atomic E-state index is 5.77. The lowest BCUT2D eigenvalue weighted by molar-refractivity contribution is 0.210. The molecule has 0 fully saturated rings. The van der Waals surface area contributed by atoms with Crippen molar-refractivity contribution in [3.05, 3.63) is 29.8 Å². The summed E-state index contributed by atoms with van der Waals surface area (Å²) < 4.78 is 5.77. The lowest BCUT2D eigenvalue weighted by Gasteiger charge is -2.23. The first kappa shape index (κ1) is 16.3. The molecule has 0 saturated carbocycles. The largest absolute Gasteiger partial charge is 0.492 e. The van der Waals surface area contributed by atoms with Crippen molar-refractivity contribution in [1.82, 2.24) is 10.2 Å². The number of benzene rings is 1. The molecule has 1 atom stereocenters. The molecule has 0 radical (unpaired) electrons. The number of ether oxygens (including phenoxy) is 1. The first-order valence-electron chi connectivity index (χ1n) is 6.73. The molecule has 108 valence electrons. The van der Waals surface area contributed by atoms with Crippen LogP contribution in [0.4, 0.5) is 0 Å². The summed E-state index contributed by atoms with van der Waals surface area (Å²) in [5, 5.41) is 3.14. The van der Waals surface area contributed by atoms with Crippen LogP contribution in [0.5, 0.6) is 5.75 Å². The number of nitrogens with one attached hydrogen (secondary N) is 1. The van der Waals surface area contributed by atoms with Gasteiger partial charge in [0, 0.05) is 24.9 Å². The van der Waals surface area contributed by atoms with E-state index < -0.39 is 0 Å². The van der Waals surface area contributed by atoms with Crippen LogP contribution in [-0.2, 0) is 6.54 Å². The van der Waals surface area contributed by atoms with Crippen LogP contribution in [0.25, 0.3) is 0 Å². The Kier molecular flexibility index (Phi) is 7.94. The smallest absolute Gasteiger partial charge is 0.119 e. The van der Waals surface area contributed by atoms with Crippen molar-refractivity contribution in [2.75, 3.05) is 39.3 Å². The zero-order valence-corrected chi connectivity index (χ0v) is 13.3. The molecule has 1 aromatic carbocycles. The van der Waals surface area contributed by atoms with Gasteiger partial charge in [0.25, 0.3) is 0 Å². The second-order valence-corrected chi connectivity index (χ2v) is 5.72. The van der Waals surface area contributed by atoms with E-state index in [9.17, 15) is 0 Å². The molecule has 0 spiro atoms. The molecule has 0 amide bonds. The van der Waals surface area contributed by atoms with Gasteiger partial charge in [-0.25, -0.2) is 0 Å². The van der Waals surface area contributed by atoms with Gasteiger partial charge in [0.05, 0.1) is 0 Å². The van der Waals surface area contributed by atoms with Crippen molar-refractivity contribution >= 4 is 11.8 Å². The van der Waals surface area contributed by atoms with Gasteiger partial charge in [-0.2, -0.15) is 11.8 Å². The maximum Gasteiger partial charge on any atom is 0.119 e. The zero-order chi connectivity index (χ0) is 14.1. The lowest BCUT2D eigenvalue weighted by atomic mass is 10.2. The molecule has 19 heavy (non-hydrogen) atoms. The fraction of sp³-hybridized carbons (Fsp3) is 0.600. The summed E-state index contributed by atoms with van der Waals surface area (Å²) in [6.45, 7) is 4.85. The van der Waals surface area contributed by atoms with Crippen LogP contribution >= 0.6 is 11.8 Å². The summed E-state index contributed by atoms with van der Waals surface area (Å²) in [5.74, 6) is 2.11. The molecule has 1 unspecified atom stereocenters. The van der Waals surface area contributed by atoms with Gasteiger partial charge in [0.2, 0.25) is 0 Å². The van der Waals surface area contributed by atoms with Gasteiger partial charge in [0.15, 0.2) is 0 Å². The van der Waals surface area contributed by atoms with Gasteiger partial charge < -0.3 is 10.1 Å². The van der Waals surface area contributed by atoms with Gasteiger partial charge in [-0.15, -0.1) is 0 Å². The van der Waals surface area contributed by atoms with Crippen LogP contribution in [0.1, 0.15) is 12.5 Å². The monoisotopic (exact) mass is 282 g/mol. The third-order valence-electron chi connectivity index (χ3n) is 3.18. The highest BCUT2D eigenvalue weighted by atomic mass is 32.2. The first-order valence-corrected chi connectivity index (χ1v) is 8.12. The number of likely N-dealkylation sites (N-methyl/N-ethyl adjacent to an activating group) is 1. The molecule has 0 aliphatic carbocycles. The van der Waals surface area contributed by atoms with Crippen molar-refractivity contribution in [3.63, 3.8) is 0 Å². The average molecular weight is 282 g/mol. The van der Waals surface area contributed by atoms with Crippen molar-refractivity contribution < 1.29 is 4.74 Å². The van der Waals surface area contributed by atoms with E-state index in [-0.39, 0.29) is 0 Å². The quantitative estimate of drug-likeness (QED) is 0.752. The molecular weight excluding hydrogens is 256 g/mol. The van der Waals surface area contributed by atoms with Crippen LogP contribution in [-0.4, -0.2) is 50.2 Å². The van der Waals surface area contributed by atoms with E-state index in [2.05, 4.69) is 42.6 Å². The standard InChI is InChI=1S/C15H26N2OS/c1-13(12-19-4)17(3)9-10-18-15-7-5-14(6-8-15)11-16-2/h5-8,13,16H,9-12H2,1-4H3. The second-order valence-electron chi connectivity index (χ2n) is 4.81. The summed E-state index contributed by atoms with van der Waals surface area (Å²) >= 11 is 1.89. The molecule has 0 aliphatic heterocycles. The number of nitrogens with zero attached hydrogens (tertiary/aromatic N) is 1. The van der Waals surface area contributed by atoms with Crippen molar-refractivity contribution in [2.24, 2.45) is 0 Å². The van der Waals surface area contributed by atoms with Gasteiger partial charge >= 0.3 is 0 Å². The van der Waals surface area contributed by atoms with Crippen molar-refractivity contribution in [1.29, 1.82) is 0 Å². The fourth-order valence-corrected chi connectivity index (χ4v) is 2.54. The lowest BCUT2D eigenvalue weighted by Crippen LogP contribution is -2.34. The summed E-state index contributed by atoms with van der Waals surface area (Å²) in [4.78, 5) is 2.34. The van der Waals surface area contributed by atoms with Crippen LogP contribution in [0, 0.1) is 0 Å². The van der Waals surface area contributed by atoms with E-state index in [1.165, 1.54) is 5.56 Å². The Labute approximate surface area is 121 Å². The van der Waals surface area contributed by atoms with E-state index >= 15 is 0 Å². The molecule has 0 aromatic heterocycles. The van der Waals surface area contributed by atoms with Gasteiger partial charge in [-0.1, -0.05) is 12.1 Å². The highest BCUT2D eigenvalue weighted by molar-refractivity contribution is 7.98. The minimum atomic E-state index is 0.594. The van der Waals surface area contributed by atoms with Crippen LogP contribution < -0.4 is 10.1 Å². The molecule has 3 nitrogen and oxygen atoms in total. The number of hydrogen-bond acceptors (Lipinski definition) is 4. The Balaban J connectivity index is 2.28. The van der Waals surface area contributed by atoms with Crippen molar-refractivity contribution in [2.45, 2.75) is 19.5 Å². The zero-order valence-electron chi connectivity index (χ0n) is 12.5. The number of rotatable bonds is 9. The summed E-state index contributed by atoms with van der Waals surface area (Å²) in [6.07, 6.45) is 2.15. The highest BCUT2D eigenvalue weighted by Gasteiger charge is 2.07. The Hall–Kier alpha value is -0.710. The molecule has 1 N–H and O–H groups in total. The fourth-order valence-electron chi connectivity index (χ4n) is 1.80. The number of hydrogen-bond donors (Lipinski definition) is 1.